The first-order chi connectivity index (χ1) is 9.77. The minimum absolute atomic E-state index is 0.0909. The molecule has 7 heteroatoms. The summed E-state index contributed by atoms with van der Waals surface area (Å²) in [6, 6.07) is 5.48. The van der Waals surface area contributed by atoms with Crippen molar-refractivity contribution in [2.24, 2.45) is 0 Å². The first-order valence-corrected chi connectivity index (χ1v) is 6.77. The molecule has 0 aliphatic rings. The molecular weight excluding hydrogens is 349 g/mol. The van der Waals surface area contributed by atoms with E-state index in [1.807, 2.05) is 0 Å². The Bertz CT molecular complexity index is 659. The van der Waals surface area contributed by atoms with Crippen molar-refractivity contribution in [1.29, 1.82) is 0 Å². The molecule has 0 spiro atoms. The van der Waals surface area contributed by atoms with Gasteiger partial charge in [0.05, 0.1) is 5.56 Å². The van der Waals surface area contributed by atoms with E-state index in [9.17, 15) is 13.2 Å². The fourth-order valence-electron chi connectivity index (χ4n) is 1.77. The van der Waals surface area contributed by atoms with Crippen molar-refractivity contribution in [2.45, 2.75) is 19.7 Å². The molecule has 0 aliphatic carbocycles. The van der Waals surface area contributed by atoms with E-state index in [-0.39, 0.29) is 17.9 Å². The lowest BCUT2D eigenvalue weighted by Crippen LogP contribution is -2.08. The third-order valence-electron chi connectivity index (χ3n) is 2.86. The SMILES string of the molecule is Cc1ccc(OCc2cc(N)ncc2Br)cc1C(F)(F)F. The summed E-state index contributed by atoms with van der Waals surface area (Å²) in [6.45, 7) is 1.50. The number of ether oxygens (including phenoxy) is 1. The van der Waals surface area contributed by atoms with Crippen molar-refractivity contribution in [1.82, 2.24) is 4.98 Å². The Morgan fingerprint density at radius 3 is 2.67 bits per heavy atom. The van der Waals surface area contributed by atoms with Crippen LogP contribution in [-0.4, -0.2) is 4.98 Å². The summed E-state index contributed by atoms with van der Waals surface area (Å²) >= 11 is 3.28. The van der Waals surface area contributed by atoms with Gasteiger partial charge in [-0.15, -0.1) is 0 Å². The maximum absolute atomic E-state index is 12.8. The first kappa shape index (κ1) is 15.6. The van der Waals surface area contributed by atoms with Crippen molar-refractivity contribution >= 4 is 21.7 Å². The predicted molar refractivity (Wildman–Crippen MR) is 76.9 cm³/mol. The fourth-order valence-corrected chi connectivity index (χ4v) is 2.10. The highest BCUT2D eigenvalue weighted by Gasteiger charge is 2.32. The minimum atomic E-state index is -4.40. The van der Waals surface area contributed by atoms with Gasteiger partial charge in [-0.2, -0.15) is 13.2 Å². The van der Waals surface area contributed by atoms with Crippen LogP contribution in [0.3, 0.4) is 0 Å². The highest BCUT2D eigenvalue weighted by molar-refractivity contribution is 9.10. The topological polar surface area (TPSA) is 48.1 Å². The summed E-state index contributed by atoms with van der Waals surface area (Å²) in [7, 11) is 0. The molecule has 21 heavy (non-hydrogen) atoms. The Hall–Kier alpha value is -1.76. The summed E-state index contributed by atoms with van der Waals surface area (Å²) in [5.74, 6) is 0.465. The Morgan fingerprint density at radius 1 is 1.29 bits per heavy atom. The van der Waals surface area contributed by atoms with Crippen LogP contribution in [0.5, 0.6) is 5.75 Å². The van der Waals surface area contributed by atoms with Gasteiger partial charge in [0.1, 0.15) is 18.2 Å². The monoisotopic (exact) mass is 360 g/mol. The van der Waals surface area contributed by atoms with Gasteiger partial charge in [0, 0.05) is 16.2 Å². The lowest BCUT2D eigenvalue weighted by atomic mass is 10.1. The average Bonchev–Trinajstić information content (AvgIpc) is 2.40. The second-order valence-electron chi connectivity index (χ2n) is 4.46. The molecule has 0 amide bonds. The first-order valence-electron chi connectivity index (χ1n) is 5.98. The number of nitrogens with zero attached hydrogens (tertiary/aromatic N) is 1. The summed E-state index contributed by atoms with van der Waals surface area (Å²) in [5.41, 5.74) is 5.72. The zero-order valence-corrected chi connectivity index (χ0v) is 12.6. The molecule has 112 valence electrons. The van der Waals surface area contributed by atoms with Gasteiger partial charge in [0.2, 0.25) is 0 Å². The number of aromatic nitrogens is 1. The molecule has 2 aromatic rings. The molecule has 2 rings (SSSR count). The molecule has 1 aromatic heterocycles. The number of hydrogen-bond acceptors (Lipinski definition) is 3. The van der Waals surface area contributed by atoms with Crippen molar-refractivity contribution in [3.05, 3.63) is 51.6 Å². The molecule has 0 aliphatic heterocycles. The largest absolute Gasteiger partial charge is 0.489 e. The molecule has 0 atom stereocenters. The third-order valence-corrected chi connectivity index (χ3v) is 3.58. The van der Waals surface area contributed by atoms with Crippen LogP contribution in [0.2, 0.25) is 0 Å². The summed E-state index contributed by atoms with van der Waals surface area (Å²) in [5, 5.41) is 0. The van der Waals surface area contributed by atoms with Crippen LogP contribution >= 0.6 is 15.9 Å². The second-order valence-corrected chi connectivity index (χ2v) is 5.32. The molecule has 1 aromatic carbocycles. The molecule has 1 heterocycles. The molecule has 0 radical (unpaired) electrons. The molecular formula is C14H12BrF3N2O. The maximum Gasteiger partial charge on any atom is 0.416 e. The quantitative estimate of drug-likeness (QED) is 0.885. The van der Waals surface area contributed by atoms with Gasteiger partial charge in [-0.05, 0) is 46.6 Å². The predicted octanol–water partition coefficient (Wildman–Crippen LogP) is 4.33. The van der Waals surface area contributed by atoms with E-state index in [0.717, 1.165) is 6.07 Å². The number of rotatable bonds is 3. The fraction of sp³-hybridized carbons (Fsp3) is 0.214. The highest BCUT2D eigenvalue weighted by Crippen LogP contribution is 2.34. The molecule has 0 fully saturated rings. The number of halogens is 4. The van der Waals surface area contributed by atoms with Gasteiger partial charge in [0.15, 0.2) is 0 Å². The number of aryl methyl sites for hydroxylation is 1. The smallest absolute Gasteiger partial charge is 0.416 e. The lowest BCUT2D eigenvalue weighted by Gasteiger charge is -2.13. The molecule has 3 nitrogen and oxygen atoms in total. The van der Waals surface area contributed by atoms with E-state index in [1.54, 1.807) is 6.07 Å². The molecule has 0 saturated heterocycles. The van der Waals surface area contributed by atoms with Gasteiger partial charge in [-0.25, -0.2) is 4.98 Å². The van der Waals surface area contributed by atoms with Gasteiger partial charge < -0.3 is 10.5 Å². The third kappa shape index (κ3) is 3.87. The van der Waals surface area contributed by atoms with Crippen molar-refractivity contribution < 1.29 is 17.9 Å². The second kappa shape index (κ2) is 5.93. The zero-order valence-electron chi connectivity index (χ0n) is 11.0. The standard InChI is InChI=1S/C14H12BrF3N2O/c1-8-2-3-10(5-11(8)14(16,17)18)21-7-9-4-13(19)20-6-12(9)15/h2-6H,7H2,1H3,(H2,19,20). The number of nitrogens with two attached hydrogens (primary N) is 1. The summed E-state index contributed by atoms with van der Waals surface area (Å²) in [4.78, 5) is 3.88. The Kier molecular flexibility index (Phi) is 4.41. The van der Waals surface area contributed by atoms with Crippen LogP contribution in [0.4, 0.5) is 19.0 Å². The highest BCUT2D eigenvalue weighted by atomic mass is 79.9. The number of nitrogen functional groups attached to an aromatic ring is 1. The Morgan fingerprint density at radius 2 is 2.00 bits per heavy atom. The minimum Gasteiger partial charge on any atom is -0.489 e. The van der Waals surface area contributed by atoms with E-state index in [0.29, 0.717) is 15.9 Å². The van der Waals surface area contributed by atoms with E-state index in [4.69, 9.17) is 10.5 Å². The average molecular weight is 361 g/mol. The van der Waals surface area contributed by atoms with Crippen LogP contribution in [0, 0.1) is 6.92 Å². The van der Waals surface area contributed by atoms with Crippen molar-refractivity contribution in [3.8, 4) is 5.75 Å². The van der Waals surface area contributed by atoms with Crippen LogP contribution in [0.25, 0.3) is 0 Å². The number of benzene rings is 1. The van der Waals surface area contributed by atoms with Crippen molar-refractivity contribution in [2.75, 3.05) is 5.73 Å². The van der Waals surface area contributed by atoms with Crippen LogP contribution in [0.15, 0.2) is 34.9 Å². The van der Waals surface area contributed by atoms with Gasteiger partial charge in [0.25, 0.3) is 0 Å². The van der Waals surface area contributed by atoms with E-state index >= 15 is 0 Å². The van der Waals surface area contributed by atoms with Gasteiger partial charge in [-0.3, -0.25) is 0 Å². The summed E-state index contributed by atoms with van der Waals surface area (Å²) in [6.07, 6.45) is -2.88. The van der Waals surface area contributed by atoms with Crippen LogP contribution < -0.4 is 10.5 Å². The number of alkyl halides is 3. The van der Waals surface area contributed by atoms with Crippen LogP contribution in [-0.2, 0) is 12.8 Å². The van der Waals surface area contributed by atoms with E-state index < -0.39 is 11.7 Å². The van der Waals surface area contributed by atoms with Gasteiger partial charge >= 0.3 is 6.18 Å². The summed E-state index contributed by atoms with van der Waals surface area (Å²) < 4.78 is 44.5. The number of anilines is 1. The number of hydrogen-bond donors (Lipinski definition) is 1. The van der Waals surface area contributed by atoms with Gasteiger partial charge in [-0.1, -0.05) is 6.07 Å². The lowest BCUT2D eigenvalue weighted by molar-refractivity contribution is -0.138. The molecule has 0 bridgehead atoms. The zero-order chi connectivity index (χ0) is 15.6. The molecule has 2 N–H and O–H groups in total. The van der Waals surface area contributed by atoms with E-state index in [2.05, 4.69) is 20.9 Å². The normalized spacial score (nSPS) is 11.5. The molecule has 0 unspecified atom stereocenters. The van der Waals surface area contributed by atoms with Crippen LogP contribution in [0.1, 0.15) is 16.7 Å². The Balaban J connectivity index is 2.19. The van der Waals surface area contributed by atoms with Crippen molar-refractivity contribution in [3.63, 3.8) is 0 Å². The maximum atomic E-state index is 12.8. The Labute approximate surface area is 128 Å². The number of pyridine rings is 1. The van der Waals surface area contributed by atoms with E-state index in [1.165, 1.54) is 25.3 Å². The molecule has 0 saturated carbocycles.